The molecule has 6 heteroatoms. The Labute approximate surface area is 161 Å². The minimum absolute atomic E-state index is 0.00377. The molecule has 1 N–H and O–H groups in total. The number of methoxy groups -OCH3 is 1. The van der Waals surface area contributed by atoms with Crippen molar-refractivity contribution in [2.75, 3.05) is 25.5 Å². The maximum absolute atomic E-state index is 12.7. The van der Waals surface area contributed by atoms with Crippen molar-refractivity contribution in [3.05, 3.63) is 57.7 Å². The van der Waals surface area contributed by atoms with Crippen molar-refractivity contribution in [1.82, 2.24) is 4.90 Å². The summed E-state index contributed by atoms with van der Waals surface area (Å²) in [5.74, 6) is 0.189. The zero-order chi connectivity index (χ0) is 18.2. The quantitative estimate of drug-likeness (QED) is 0.651. The lowest BCUT2D eigenvalue weighted by Crippen LogP contribution is -2.38. The second-order valence-electron chi connectivity index (χ2n) is 5.49. The van der Waals surface area contributed by atoms with Gasteiger partial charge in [-0.1, -0.05) is 25.1 Å². The fraction of sp³-hybridized carbons (Fsp3) is 0.263. The number of hydrogen-bond acceptors (Lipinski definition) is 3. The molecule has 25 heavy (non-hydrogen) atoms. The average molecular weight is 452 g/mol. The van der Waals surface area contributed by atoms with Crippen LogP contribution in [0.4, 0.5) is 5.69 Å². The smallest absolute Gasteiger partial charge is 0.254 e. The van der Waals surface area contributed by atoms with Gasteiger partial charge in [-0.2, -0.15) is 0 Å². The number of nitrogens with one attached hydrogen (secondary N) is 1. The Hall–Kier alpha value is -2.09. The number of ether oxygens (including phenoxy) is 1. The van der Waals surface area contributed by atoms with Crippen LogP contribution in [0.15, 0.2) is 48.5 Å². The summed E-state index contributed by atoms with van der Waals surface area (Å²) < 4.78 is 6.22. The van der Waals surface area contributed by atoms with Crippen molar-refractivity contribution in [2.24, 2.45) is 0 Å². The van der Waals surface area contributed by atoms with Crippen LogP contribution in [0.3, 0.4) is 0 Å². The van der Waals surface area contributed by atoms with Gasteiger partial charge < -0.3 is 15.0 Å². The molecule has 0 bridgehead atoms. The van der Waals surface area contributed by atoms with Gasteiger partial charge in [0.15, 0.2) is 0 Å². The number of hydrogen-bond donors (Lipinski definition) is 1. The van der Waals surface area contributed by atoms with Crippen molar-refractivity contribution in [3.8, 4) is 5.75 Å². The van der Waals surface area contributed by atoms with Crippen LogP contribution in [-0.2, 0) is 4.79 Å². The summed E-state index contributed by atoms with van der Waals surface area (Å²) in [7, 11) is 1.55. The zero-order valence-corrected chi connectivity index (χ0v) is 16.4. The molecule has 0 saturated heterocycles. The number of rotatable bonds is 7. The van der Waals surface area contributed by atoms with E-state index < -0.39 is 0 Å². The number of benzene rings is 2. The minimum atomic E-state index is -0.253. The van der Waals surface area contributed by atoms with E-state index in [1.165, 1.54) is 0 Å². The van der Waals surface area contributed by atoms with E-state index in [0.29, 0.717) is 23.5 Å². The van der Waals surface area contributed by atoms with Crippen molar-refractivity contribution in [2.45, 2.75) is 13.3 Å². The second kappa shape index (κ2) is 9.41. The van der Waals surface area contributed by atoms with E-state index in [1.54, 1.807) is 30.2 Å². The molecule has 0 saturated carbocycles. The Morgan fingerprint density at radius 1 is 1.16 bits per heavy atom. The number of halogens is 1. The van der Waals surface area contributed by atoms with E-state index in [1.807, 2.05) is 37.3 Å². The number of amides is 2. The molecule has 0 spiro atoms. The molecule has 0 aliphatic heterocycles. The standard InChI is InChI=1S/C19H21IN2O3/c1-3-11-22(19(24)14-7-6-8-15(20)12-14)13-18(23)21-16-9-4-5-10-17(16)25-2/h4-10,12H,3,11,13H2,1-2H3,(H,21,23). The fourth-order valence-electron chi connectivity index (χ4n) is 2.44. The maximum atomic E-state index is 12.7. The molecule has 0 radical (unpaired) electrons. The molecule has 132 valence electrons. The maximum Gasteiger partial charge on any atom is 0.254 e. The molecular weight excluding hydrogens is 431 g/mol. The molecular formula is C19H21IN2O3. The van der Waals surface area contributed by atoms with Crippen LogP contribution in [0.1, 0.15) is 23.7 Å². The van der Waals surface area contributed by atoms with Crippen LogP contribution in [-0.4, -0.2) is 36.9 Å². The first-order valence-electron chi connectivity index (χ1n) is 8.03. The highest BCUT2D eigenvalue weighted by Crippen LogP contribution is 2.23. The number of carbonyl (C=O) groups excluding carboxylic acids is 2. The van der Waals surface area contributed by atoms with Crippen LogP contribution in [0, 0.1) is 3.57 Å². The summed E-state index contributed by atoms with van der Waals surface area (Å²) >= 11 is 2.17. The molecule has 0 fully saturated rings. The van der Waals surface area contributed by atoms with Crippen molar-refractivity contribution in [3.63, 3.8) is 0 Å². The first-order valence-corrected chi connectivity index (χ1v) is 9.10. The molecule has 2 aromatic carbocycles. The van der Waals surface area contributed by atoms with Gasteiger partial charge in [-0.25, -0.2) is 0 Å². The lowest BCUT2D eigenvalue weighted by molar-refractivity contribution is -0.116. The van der Waals surface area contributed by atoms with Crippen LogP contribution >= 0.6 is 22.6 Å². The van der Waals surface area contributed by atoms with E-state index in [-0.39, 0.29) is 18.4 Å². The summed E-state index contributed by atoms with van der Waals surface area (Å²) in [6.07, 6.45) is 0.775. The monoisotopic (exact) mass is 452 g/mol. The van der Waals surface area contributed by atoms with Gasteiger partial charge in [0, 0.05) is 15.7 Å². The van der Waals surface area contributed by atoms with Gasteiger partial charge in [0.25, 0.3) is 5.91 Å². The van der Waals surface area contributed by atoms with E-state index in [2.05, 4.69) is 27.9 Å². The number of carbonyl (C=O) groups is 2. The predicted octanol–water partition coefficient (Wildman–Crippen LogP) is 3.79. The number of anilines is 1. The zero-order valence-electron chi connectivity index (χ0n) is 14.3. The third kappa shape index (κ3) is 5.45. The normalized spacial score (nSPS) is 10.2. The number of para-hydroxylation sites is 2. The Kier molecular flexibility index (Phi) is 7.24. The van der Waals surface area contributed by atoms with Gasteiger partial charge in [0.05, 0.1) is 12.8 Å². The van der Waals surface area contributed by atoms with Crippen molar-refractivity contribution >= 4 is 40.1 Å². The highest BCUT2D eigenvalue weighted by molar-refractivity contribution is 14.1. The van der Waals surface area contributed by atoms with E-state index in [4.69, 9.17) is 4.74 Å². The highest BCUT2D eigenvalue weighted by Gasteiger charge is 2.19. The van der Waals surface area contributed by atoms with Gasteiger partial charge in [-0.3, -0.25) is 9.59 Å². The Bertz CT molecular complexity index is 749. The van der Waals surface area contributed by atoms with E-state index in [0.717, 1.165) is 9.99 Å². The molecule has 0 heterocycles. The minimum Gasteiger partial charge on any atom is -0.495 e. The summed E-state index contributed by atoms with van der Waals surface area (Å²) in [5.41, 5.74) is 1.18. The Balaban J connectivity index is 2.10. The summed E-state index contributed by atoms with van der Waals surface area (Å²) in [6, 6.07) is 14.6. The first kappa shape index (κ1) is 19.2. The van der Waals surface area contributed by atoms with Crippen LogP contribution in [0.5, 0.6) is 5.75 Å². The predicted molar refractivity (Wildman–Crippen MR) is 107 cm³/mol. The third-order valence-electron chi connectivity index (χ3n) is 3.57. The SMILES string of the molecule is CCCN(CC(=O)Nc1ccccc1OC)C(=O)c1cccc(I)c1. The van der Waals surface area contributed by atoms with E-state index >= 15 is 0 Å². The van der Waals surface area contributed by atoms with Crippen molar-refractivity contribution in [1.29, 1.82) is 0 Å². The fourth-order valence-corrected chi connectivity index (χ4v) is 2.98. The molecule has 2 rings (SSSR count). The lowest BCUT2D eigenvalue weighted by Gasteiger charge is -2.22. The molecule has 0 aromatic heterocycles. The van der Waals surface area contributed by atoms with Crippen LogP contribution < -0.4 is 10.1 Å². The summed E-state index contributed by atoms with van der Waals surface area (Å²) in [6.45, 7) is 2.49. The van der Waals surface area contributed by atoms with Crippen LogP contribution in [0.25, 0.3) is 0 Å². The Morgan fingerprint density at radius 3 is 2.60 bits per heavy atom. The highest BCUT2D eigenvalue weighted by atomic mass is 127. The largest absolute Gasteiger partial charge is 0.495 e. The molecule has 2 aromatic rings. The van der Waals surface area contributed by atoms with E-state index in [9.17, 15) is 9.59 Å². The van der Waals surface area contributed by atoms with Gasteiger partial charge in [0.1, 0.15) is 12.3 Å². The third-order valence-corrected chi connectivity index (χ3v) is 4.24. The molecule has 0 aliphatic carbocycles. The molecule has 5 nitrogen and oxygen atoms in total. The van der Waals surface area contributed by atoms with Crippen molar-refractivity contribution < 1.29 is 14.3 Å². The molecule has 0 unspecified atom stereocenters. The first-order chi connectivity index (χ1) is 12.0. The molecule has 0 aliphatic rings. The lowest BCUT2D eigenvalue weighted by atomic mass is 10.2. The van der Waals surface area contributed by atoms with Gasteiger partial charge in [-0.15, -0.1) is 0 Å². The second-order valence-corrected chi connectivity index (χ2v) is 6.73. The van der Waals surface area contributed by atoms with Gasteiger partial charge >= 0.3 is 0 Å². The van der Waals surface area contributed by atoms with Gasteiger partial charge in [0.2, 0.25) is 5.91 Å². The topological polar surface area (TPSA) is 58.6 Å². The Morgan fingerprint density at radius 2 is 1.92 bits per heavy atom. The summed E-state index contributed by atoms with van der Waals surface area (Å²) in [5, 5.41) is 2.81. The van der Waals surface area contributed by atoms with Crippen LogP contribution in [0.2, 0.25) is 0 Å². The average Bonchev–Trinajstić information content (AvgIpc) is 2.61. The van der Waals surface area contributed by atoms with Gasteiger partial charge in [-0.05, 0) is 59.3 Å². The molecule has 0 atom stereocenters. The number of nitrogens with zero attached hydrogens (tertiary/aromatic N) is 1. The summed E-state index contributed by atoms with van der Waals surface area (Å²) in [4.78, 5) is 26.7. The molecule has 2 amide bonds.